The van der Waals surface area contributed by atoms with Gasteiger partial charge in [-0.15, -0.1) is 0 Å². The lowest BCUT2D eigenvalue weighted by Gasteiger charge is -2.11. The van der Waals surface area contributed by atoms with Crippen molar-refractivity contribution < 1.29 is 26.4 Å². The average Bonchev–Trinajstić information content (AvgIpc) is 3.19. The van der Waals surface area contributed by atoms with E-state index in [-0.39, 0.29) is 0 Å². The van der Waals surface area contributed by atoms with Gasteiger partial charge in [-0.25, -0.2) is 13.1 Å². The monoisotopic (exact) mass is 438 g/mol. The molecule has 3 rings (SSSR count). The highest BCUT2D eigenvalue weighted by atomic mass is 32.2. The smallest absolute Gasteiger partial charge is 0.325 e. The van der Waals surface area contributed by atoms with E-state index in [4.69, 9.17) is 0 Å². The molecule has 0 spiro atoms. The summed E-state index contributed by atoms with van der Waals surface area (Å²) in [4.78, 5) is 11.5. The zero-order valence-electron chi connectivity index (χ0n) is 15.4. The quantitative estimate of drug-likeness (QED) is 0.593. The van der Waals surface area contributed by atoms with Crippen molar-refractivity contribution in [1.82, 2.24) is 14.5 Å². The molecule has 1 amide bonds. The van der Waals surface area contributed by atoms with Crippen molar-refractivity contribution in [3.63, 3.8) is 0 Å². The van der Waals surface area contributed by atoms with Gasteiger partial charge in [0.15, 0.2) is 0 Å². The van der Waals surface area contributed by atoms with Crippen LogP contribution >= 0.6 is 0 Å². The highest BCUT2D eigenvalue weighted by Gasteiger charge is 2.31. The lowest BCUT2D eigenvalue weighted by atomic mass is 10.2. The fourth-order valence-corrected chi connectivity index (χ4v) is 3.64. The number of halogens is 3. The van der Waals surface area contributed by atoms with Gasteiger partial charge in [0.2, 0.25) is 15.9 Å². The van der Waals surface area contributed by atoms with Crippen molar-refractivity contribution in [2.75, 3.05) is 11.9 Å². The van der Waals surface area contributed by atoms with E-state index < -0.39 is 39.1 Å². The summed E-state index contributed by atoms with van der Waals surface area (Å²) in [6.45, 7) is -0.152. The first-order valence-electron chi connectivity index (χ1n) is 8.67. The standard InChI is InChI=1S/C19H17F3N4O3S/c20-19(21,22)15-5-2-7-17(11-15)30(28,29)24-12-18(27)25-16-6-1-4-14(10-16)13-26-9-3-8-23-26/h1-11,24H,12-13H2,(H,25,27). The Morgan fingerprint density at radius 2 is 1.83 bits per heavy atom. The van der Waals surface area contributed by atoms with Crippen LogP contribution < -0.4 is 10.0 Å². The summed E-state index contributed by atoms with van der Waals surface area (Å²) in [5.74, 6) is -0.665. The molecule has 158 valence electrons. The van der Waals surface area contributed by atoms with E-state index in [1.807, 2.05) is 10.8 Å². The van der Waals surface area contributed by atoms with Gasteiger partial charge in [-0.3, -0.25) is 9.48 Å². The van der Waals surface area contributed by atoms with Gasteiger partial charge >= 0.3 is 6.18 Å². The van der Waals surface area contributed by atoms with Crippen LogP contribution in [0.25, 0.3) is 0 Å². The lowest BCUT2D eigenvalue weighted by Crippen LogP contribution is -2.33. The number of benzene rings is 2. The number of alkyl halides is 3. The zero-order chi connectivity index (χ0) is 21.8. The third kappa shape index (κ3) is 5.67. The molecule has 0 saturated heterocycles. The average molecular weight is 438 g/mol. The summed E-state index contributed by atoms with van der Waals surface area (Å²) in [5.41, 5.74) is 0.216. The summed E-state index contributed by atoms with van der Waals surface area (Å²) < 4.78 is 66.5. The fourth-order valence-electron chi connectivity index (χ4n) is 2.62. The second-order valence-corrected chi connectivity index (χ2v) is 8.07. The van der Waals surface area contributed by atoms with Crippen molar-refractivity contribution in [2.45, 2.75) is 17.6 Å². The van der Waals surface area contributed by atoms with Crippen LogP contribution in [0.5, 0.6) is 0 Å². The van der Waals surface area contributed by atoms with E-state index in [0.717, 1.165) is 23.8 Å². The zero-order valence-corrected chi connectivity index (χ0v) is 16.2. The summed E-state index contributed by atoms with van der Waals surface area (Å²) in [6, 6.07) is 12.0. The van der Waals surface area contributed by atoms with Crippen LogP contribution in [-0.4, -0.2) is 30.7 Å². The van der Waals surface area contributed by atoms with Crippen molar-refractivity contribution in [1.29, 1.82) is 0 Å². The summed E-state index contributed by atoms with van der Waals surface area (Å²) >= 11 is 0. The molecular formula is C19H17F3N4O3S. The Bertz CT molecular complexity index is 1130. The SMILES string of the molecule is O=C(CNS(=O)(=O)c1cccc(C(F)(F)F)c1)Nc1cccc(Cn2cccn2)c1. The van der Waals surface area contributed by atoms with E-state index in [1.54, 1.807) is 41.3 Å². The van der Waals surface area contributed by atoms with E-state index >= 15 is 0 Å². The van der Waals surface area contributed by atoms with Crippen molar-refractivity contribution >= 4 is 21.6 Å². The van der Waals surface area contributed by atoms with Crippen LogP contribution in [0.4, 0.5) is 18.9 Å². The third-order valence-electron chi connectivity index (χ3n) is 4.01. The normalized spacial score (nSPS) is 12.0. The number of sulfonamides is 1. The van der Waals surface area contributed by atoms with Gasteiger partial charge in [-0.2, -0.15) is 18.3 Å². The molecule has 0 bridgehead atoms. The molecule has 0 saturated carbocycles. The minimum atomic E-state index is -4.68. The molecule has 30 heavy (non-hydrogen) atoms. The Morgan fingerprint density at radius 1 is 1.07 bits per heavy atom. The minimum absolute atomic E-state index is 0.447. The number of nitrogens with one attached hydrogen (secondary N) is 2. The molecule has 0 aliphatic heterocycles. The van der Waals surface area contributed by atoms with Crippen LogP contribution in [0.3, 0.4) is 0 Å². The van der Waals surface area contributed by atoms with Gasteiger partial charge in [0.25, 0.3) is 0 Å². The number of aromatic nitrogens is 2. The molecule has 3 aromatic rings. The van der Waals surface area contributed by atoms with Gasteiger partial charge in [-0.1, -0.05) is 18.2 Å². The molecular weight excluding hydrogens is 421 g/mol. The van der Waals surface area contributed by atoms with Crippen molar-refractivity contribution in [2.24, 2.45) is 0 Å². The molecule has 7 nitrogen and oxygen atoms in total. The summed E-state index contributed by atoms with van der Waals surface area (Å²) in [5, 5.41) is 6.64. The van der Waals surface area contributed by atoms with E-state index in [1.165, 1.54) is 0 Å². The number of amides is 1. The Hall–Kier alpha value is -3.18. The summed E-state index contributed by atoms with van der Waals surface area (Å²) in [7, 11) is -4.30. The van der Waals surface area contributed by atoms with E-state index in [2.05, 4.69) is 10.4 Å². The van der Waals surface area contributed by atoms with Crippen molar-refractivity contribution in [3.8, 4) is 0 Å². The van der Waals surface area contributed by atoms with Gasteiger partial charge in [-0.05, 0) is 42.0 Å². The molecule has 0 radical (unpaired) electrons. The molecule has 0 aliphatic rings. The molecule has 0 atom stereocenters. The second kappa shape index (κ2) is 8.67. The Kier molecular flexibility index (Phi) is 6.22. The molecule has 0 aliphatic carbocycles. The highest BCUT2D eigenvalue weighted by Crippen LogP contribution is 2.30. The van der Waals surface area contributed by atoms with Crippen molar-refractivity contribution in [3.05, 3.63) is 78.1 Å². The van der Waals surface area contributed by atoms with Crippen LogP contribution in [0.2, 0.25) is 0 Å². The number of hydrogen-bond acceptors (Lipinski definition) is 4. The molecule has 0 unspecified atom stereocenters. The first kappa shape index (κ1) is 21.5. The molecule has 0 fully saturated rings. The number of carbonyl (C=O) groups is 1. The first-order chi connectivity index (χ1) is 14.1. The van der Waals surface area contributed by atoms with Crippen LogP contribution in [0.1, 0.15) is 11.1 Å². The number of carbonyl (C=O) groups excluding carboxylic acids is 1. The highest BCUT2D eigenvalue weighted by molar-refractivity contribution is 7.89. The number of anilines is 1. The number of rotatable bonds is 7. The molecule has 1 heterocycles. The van der Waals surface area contributed by atoms with Gasteiger partial charge in [0, 0.05) is 18.1 Å². The topological polar surface area (TPSA) is 93.1 Å². The molecule has 1 aromatic heterocycles. The van der Waals surface area contributed by atoms with E-state index in [9.17, 15) is 26.4 Å². The first-order valence-corrected chi connectivity index (χ1v) is 10.1. The van der Waals surface area contributed by atoms with Crippen LogP contribution in [0, 0.1) is 0 Å². The maximum atomic E-state index is 12.8. The Morgan fingerprint density at radius 3 is 2.53 bits per heavy atom. The number of hydrogen-bond donors (Lipinski definition) is 2. The van der Waals surface area contributed by atoms with Gasteiger partial charge in [0.1, 0.15) is 0 Å². The predicted octanol–water partition coefficient (Wildman–Crippen LogP) is 2.87. The maximum absolute atomic E-state index is 12.8. The Labute approximate surface area is 170 Å². The Balaban J connectivity index is 1.62. The summed E-state index contributed by atoms with van der Waals surface area (Å²) in [6.07, 6.45) is -1.25. The lowest BCUT2D eigenvalue weighted by molar-refractivity contribution is -0.137. The minimum Gasteiger partial charge on any atom is -0.325 e. The second-order valence-electron chi connectivity index (χ2n) is 6.30. The molecule has 2 N–H and O–H groups in total. The number of nitrogens with zero attached hydrogens (tertiary/aromatic N) is 2. The van der Waals surface area contributed by atoms with Crippen LogP contribution in [-0.2, 0) is 27.5 Å². The van der Waals surface area contributed by atoms with E-state index in [0.29, 0.717) is 18.3 Å². The predicted molar refractivity (Wildman–Crippen MR) is 103 cm³/mol. The fraction of sp³-hybridized carbons (Fsp3) is 0.158. The maximum Gasteiger partial charge on any atom is 0.416 e. The van der Waals surface area contributed by atoms with Crippen LogP contribution in [0.15, 0.2) is 71.9 Å². The largest absolute Gasteiger partial charge is 0.416 e. The van der Waals surface area contributed by atoms with Gasteiger partial charge in [0.05, 0.1) is 23.5 Å². The van der Waals surface area contributed by atoms with Gasteiger partial charge < -0.3 is 5.32 Å². The molecule has 2 aromatic carbocycles. The third-order valence-corrected chi connectivity index (χ3v) is 5.41. The molecule has 11 heteroatoms.